The zero-order valence-electron chi connectivity index (χ0n) is 11.7. The molecule has 1 aromatic carbocycles. The second-order valence-corrected chi connectivity index (χ2v) is 7.23. The summed E-state index contributed by atoms with van der Waals surface area (Å²) in [7, 11) is 0. The van der Waals surface area contributed by atoms with Crippen LogP contribution >= 0.6 is 0 Å². The molecule has 5 rings (SSSR count). The van der Waals surface area contributed by atoms with E-state index in [0.29, 0.717) is 17.9 Å². The summed E-state index contributed by atoms with van der Waals surface area (Å²) in [5.41, 5.74) is 0.781. The quantitative estimate of drug-likeness (QED) is 0.889. The van der Waals surface area contributed by atoms with Crippen molar-refractivity contribution in [1.29, 1.82) is 0 Å². The van der Waals surface area contributed by atoms with E-state index in [2.05, 4.69) is 5.32 Å². The Morgan fingerprint density at radius 3 is 2.35 bits per heavy atom. The van der Waals surface area contributed by atoms with Crippen molar-refractivity contribution < 1.29 is 9.50 Å². The van der Waals surface area contributed by atoms with Crippen LogP contribution in [0, 0.1) is 23.6 Å². The molecule has 0 heterocycles. The van der Waals surface area contributed by atoms with Gasteiger partial charge in [-0.2, -0.15) is 0 Å². The molecule has 0 spiro atoms. The standard InChI is InChI=1S/C17H22FNO/c18-15-3-1-11(2-4-15)10-19-16-13-5-12-6-14(16)9-17(20,7-12)8-13/h1-4,12-14,16,19-20H,5-10H2/t12?,13?,14?,16-,17-. The van der Waals surface area contributed by atoms with Gasteiger partial charge >= 0.3 is 0 Å². The number of hydrogen-bond acceptors (Lipinski definition) is 2. The van der Waals surface area contributed by atoms with Gasteiger partial charge in [-0.05, 0) is 67.6 Å². The van der Waals surface area contributed by atoms with Gasteiger partial charge in [0.15, 0.2) is 0 Å². The molecule has 20 heavy (non-hydrogen) atoms. The summed E-state index contributed by atoms with van der Waals surface area (Å²) in [5, 5.41) is 14.3. The molecule has 2 nitrogen and oxygen atoms in total. The first-order chi connectivity index (χ1) is 9.61. The van der Waals surface area contributed by atoms with Crippen molar-refractivity contribution in [2.75, 3.05) is 0 Å². The van der Waals surface area contributed by atoms with Gasteiger partial charge in [-0.1, -0.05) is 12.1 Å². The lowest BCUT2D eigenvalue weighted by Gasteiger charge is -2.58. The molecular weight excluding hydrogens is 253 g/mol. The molecule has 4 aliphatic rings. The van der Waals surface area contributed by atoms with Gasteiger partial charge in [0, 0.05) is 12.6 Å². The Morgan fingerprint density at radius 2 is 1.75 bits per heavy atom. The minimum atomic E-state index is -0.357. The highest BCUT2D eigenvalue weighted by molar-refractivity contribution is 5.16. The number of aliphatic hydroxyl groups is 1. The fourth-order valence-corrected chi connectivity index (χ4v) is 5.15. The predicted octanol–water partition coefficient (Wildman–Crippen LogP) is 2.85. The minimum absolute atomic E-state index is 0.175. The maximum atomic E-state index is 12.9. The number of hydrogen-bond donors (Lipinski definition) is 2. The van der Waals surface area contributed by atoms with Crippen LogP contribution in [0.25, 0.3) is 0 Å². The van der Waals surface area contributed by atoms with Gasteiger partial charge in [0.05, 0.1) is 5.60 Å². The average molecular weight is 275 g/mol. The molecule has 2 unspecified atom stereocenters. The molecule has 0 radical (unpaired) electrons. The number of benzene rings is 1. The molecule has 1 aromatic rings. The lowest BCUT2D eigenvalue weighted by Crippen LogP contribution is -2.60. The fraction of sp³-hybridized carbons (Fsp3) is 0.647. The molecule has 0 saturated heterocycles. The SMILES string of the molecule is O[C@]12CC3CC(C1)[C@@H](NCc1ccc(F)cc1)C(C3)C2. The molecule has 4 bridgehead atoms. The van der Waals surface area contributed by atoms with E-state index in [4.69, 9.17) is 0 Å². The van der Waals surface area contributed by atoms with Crippen molar-refractivity contribution in [3.63, 3.8) is 0 Å². The second-order valence-electron chi connectivity index (χ2n) is 7.23. The summed E-state index contributed by atoms with van der Waals surface area (Å²) in [6, 6.07) is 7.29. The smallest absolute Gasteiger partial charge is 0.123 e. The Labute approximate surface area is 119 Å². The van der Waals surface area contributed by atoms with E-state index in [1.165, 1.54) is 25.0 Å². The first-order valence-corrected chi connectivity index (χ1v) is 7.81. The van der Waals surface area contributed by atoms with E-state index in [1.807, 2.05) is 12.1 Å². The highest BCUT2D eigenvalue weighted by atomic mass is 19.1. The molecule has 3 heteroatoms. The highest BCUT2D eigenvalue weighted by Crippen LogP contribution is 2.55. The van der Waals surface area contributed by atoms with Gasteiger partial charge in [0.25, 0.3) is 0 Å². The molecule has 2 atom stereocenters. The summed E-state index contributed by atoms with van der Waals surface area (Å²) < 4.78 is 12.9. The lowest BCUT2D eigenvalue weighted by molar-refractivity contribution is -0.138. The Morgan fingerprint density at radius 1 is 1.10 bits per heavy atom. The lowest BCUT2D eigenvalue weighted by atomic mass is 9.52. The number of nitrogens with one attached hydrogen (secondary N) is 1. The van der Waals surface area contributed by atoms with E-state index in [0.717, 1.165) is 37.3 Å². The highest BCUT2D eigenvalue weighted by Gasteiger charge is 2.54. The van der Waals surface area contributed by atoms with Gasteiger partial charge in [0.2, 0.25) is 0 Å². The Hall–Kier alpha value is -0.930. The molecular formula is C17H22FNO. The zero-order chi connectivity index (χ0) is 13.7. The monoisotopic (exact) mass is 275 g/mol. The average Bonchev–Trinajstić information content (AvgIpc) is 2.38. The first kappa shape index (κ1) is 12.8. The second kappa shape index (κ2) is 4.54. The first-order valence-electron chi connectivity index (χ1n) is 7.81. The van der Waals surface area contributed by atoms with Crippen LogP contribution < -0.4 is 5.32 Å². The maximum Gasteiger partial charge on any atom is 0.123 e. The molecule has 0 amide bonds. The van der Waals surface area contributed by atoms with Crippen LogP contribution in [0.1, 0.15) is 37.7 Å². The van der Waals surface area contributed by atoms with Gasteiger partial charge in [-0.25, -0.2) is 4.39 Å². The van der Waals surface area contributed by atoms with E-state index >= 15 is 0 Å². The summed E-state index contributed by atoms with van der Waals surface area (Å²) >= 11 is 0. The molecule has 4 aliphatic carbocycles. The zero-order valence-corrected chi connectivity index (χ0v) is 11.7. The summed E-state index contributed by atoms with van der Waals surface area (Å²) in [6.07, 6.45) is 5.53. The van der Waals surface area contributed by atoms with E-state index in [-0.39, 0.29) is 11.4 Å². The summed E-state index contributed by atoms with van der Waals surface area (Å²) in [4.78, 5) is 0. The van der Waals surface area contributed by atoms with Gasteiger partial charge < -0.3 is 10.4 Å². The van der Waals surface area contributed by atoms with Gasteiger partial charge in [0.1, 0.15) is 5.82 Å². The third-order valence-electron chi connectivity index (χ3n) is 5.70. The van der Waals surface area contributed by atoms with E-state index in [9.17, 15) is 9.50 Å². The van der Waals surface area contributed by atoms with Gasteiger partial charge in [-0.15, -0.1) is 0 Å². The van der Waals surface area contributed by atoms with Gasteiger partial charge in [-0.3, -0.25) is 0 Å². The Bertz CT molecular complexity index is 484. The van der Waals surface area contributed by atoms with Crippen LogP contribution in [-0.2, 0) is 6.54 Å². The van der Waals surface area contributed by atoms with E-state index < -0.39 is 0 Å². The van der Waals surface area contributed by atoms with Crippen molar-refractivity contribution in [2.45, 2.75) is 50.3 Å². The summed E-state index contributed by atoms with van der Waals surface area (Å²) in [5.74, 6) is 1.84. The molecule has 4 fully saturated rings. The fourth-order valence-electron chi connectivity index (χ4n) is 5.15. The molecule has 0 aliphatic heterocycles. The predicted molar refractivity (Wildman–Crippen MR) is 75.5 cm³/mol. The summed E-state index contributed by atoms with van der Waals surface area (Å²) in [6.45, 7) is 0.807. The molecule has 108 valence electrons. The molecule has 2 N–H and O–H groups in total. The van der Waals surface area contributed by atoms with Crippen LogP contribution in [0.5, 0.6) is 0 Å². The van der Waals surface area contributed by atoms with Crippen LogP contribution in [-0.4, -0.2) is 16.7 Å². The molecule has 0 aromatic heterocycles. The van der Waals surface area contributed by atoms with Crippen molar-refractivity contribution in [2.24, 2.45) is 17.8 Å². The number of rotatable bonds is 3. The van der Waals surface area contributed by atoms with E-state index in [1.54, 1.807) is 0 Å². The van der Waals surface area contributed by atoms with Crippen LogP contribution in [0.3, 0.4) is 0 Å². The molecule has 4 saturated carbocycles. The van der Waals surface area contributed by atoms with Crippen LogP contribution in [0.4, 0.5) is 4.39 Å². The van der Waals surface area contributed by atoms with Crippen molar-refractivity contribution >= 4 is 0 Å². The number of halogens is 1. The Balaban J connectivity index is 1.44. The largest absolute Gasteiger partial charge is 0.390 e. The van der Waals surface area contributed by atoms with Crippen molar-refractivity contribution in [1.82, 2.24) is 5.32 Å². The third kappa shape index (κ3) is 2.17. The normalized spacial score (nSPS) is 42.1. The van der Waals surface area contributed by atoms with Crippen LogP contribution in [0.15, 0.2) is 24.3 Å². The maximum absolute atomic E-state index is 12.9. The van der Waals surface area contributed by atoms with Crippen molar-refractivity contribution in [3.05, 3.63) is 35.6 Å². The Kier molecular flexibility index (Phi) is 2.90. The minimum Gasteiger partial charge on any atom is -0.390 e. The topological polar surface area (TPSA) is 32.3 Å². The third-order valence-corrected chi connectivity index (χ3v) is 5.70. The van der Waals surface area contributed by atoms with Crippen LogP contribution in [0.2, 0.25) is 0 Å². The van der Waals surface area contributed by atoms with Crippen molar-refractivity contribution in [3.8, 4) is 0 Å².